The molecule has 7 aromatic rings. The molecule has 2 aliphatic heterocycles. The first-order valence-corrected chi connectivity index (χ1v) is 14.4. The van der Waals surface area contributed by atoms with Gasteiger partial charge in [-0.05, 0) is 58.5 Å². The maximum Gasteiger partial charge on any atom is 0.147 e. The second-order valence-corrected chi connectivity index (χ2v) is 11.0. The Morgan fingerprint density at radius 3 is 2.10 bits per heavy atom. The fraction of sp³-hybridized carbons (Fsp3) is 0.0526. The first kappa shape index (κ1) is 23.2. The number of nitrogens with one attached hydrogen (secondary N) is 2. The van der Waals surface area contributed by atoms with E-state index < -0.39 is 0 Å². The van der Waals surface area contributed by atoms with Crippen molar-refractivity contribution in [3.63, 3.8) is 0 Å². The molecule has 0 spiro atoms. The van der Waals surface area contributed by atoms with Crippen molar-refractivity contribution in [1.82, 2.24) is 10.6 Å². The SMILES string of the molecule is C1=CNC(C2=CC=CC(c3ccc(-c4cc5c6ccccc6oc5c5c4oc4ccccc45)c4ccccc34)N2)C=C1. The molecule has 0 radical (unpaired) electrons. The fourth-order valence-electron chi connectivity index (χ4n) is 6.65. The molecule has 4 heterocycles. The summed E-state index contributed by atoms with van der Waals surface area (Å²) < 4.78 is 13.1. The highest BCUT2D eigenvalue weighted by atomic mass is 16.3. The van der Waals surface area contributed by atoms with Crippen molar-refractivity contribution >= 4 is 54.6 Å². The molecule has 0 bridgehead atoms. The van der Waals surface area contributed by atoms with E-state index in [1.807, 2.05) is 36.5 Å². The largest absolute Gasteiger partial charge is 0.455 e. The van der Waals surface area contributed by atoms with Gasteiger partial charge in [0.15, 0.2) is 0 Å². The third-order valence-electron chi connectivity index (χ3n) is 8.60. The molecule has 4 heteroatoms. The van der Waals surface area contributed by atoms with Gasteiger partial charge in [-0.2, -0.15) is 0 Å². The molecule has 42 heavy (non-hydrogen) atoms. The van der Waals surface area contributed by atoms with Gasteiger partial charge >= 0.3 is 0 Å². The third kappa shape index (κ3) is 3.42. The monoisotopic (exact) mass is 542 g/mol. The molecule has 0 fully saturated rings. The van der Waals surface area contributed by atoms with E-state index in [1.165, 1.54) is 16.3 Å². The Labute approximate surface area is 241 Å². The molecule has 9 rings (SSSR count). The highest BCUT2D eigenvalue weighted by molar-refractivity contribution is 6.26. The van der Waals surface area contributed by atoms with Crippen LogP contribution < -0.4 is 10.6 Å². The van der Waals surface area contributed by atoms with Crippen LogP contribution in [-0.4, -0.2) is 6.04 Å². The average molecular weight is 543 g/mol. The first-order chi connectivity index (χ1) is 20.8. The van der Waals surface area contributed by atoms with Crippen LogP contribution in [0.2, 0.25) is 0 Å². The van der Waals surface area contributed by atoms with E-state index in [0.29, 0.717) is 0 Å². The number of dihydropyridines is 2. The molecule has 0 amide bonds. The Kier molecular flexibility index (Phi) is 4.99. The second-order valence-electron chi connectivity index (χ2n) is 11.0. The normalized spacial score (nSPS) is 18.2. The van der Waals surface area contributed by atoms with E-state index in [-0.39, 0.29) is 12.1 Å². The highest BCUT2D eigenvalue weighted by Gasteiger charge is 2.24. The van der Waals surface area contributed by atoms with Crippen molar-refractivity contribution in [2.24, 2.45) is 0 Å². The van der Waals surface area contributed by atoms with Gasteiger partial charge in [-0.15, -0.1) is 0 Å². The minimum atomic E-state index is 0.0524. The molecule has 5 aromatic carbocycles. The molecule has 2 unspecified atom stereocenters. The molecule has 4 nitrogen and oxygen atoms in total. The minimum absolute atomic E-state index is 0.0524. The summed E-state index contributed by atoms with van der Waals surface area (Å²) in [4.78, 5) is 0. The summed E-state index contributed by atoms with van der Waals surface area (Å²) in [6.45, 7) is 0. The standard InChI is InChI=1S/C38H26N2O2/c1-2-11-24-23(10-1)25(19-20-26(24)31-15-9-16-33(40-31)32-14-7-8-21-39-32)29-22-30-27-12-3-5-17-34(27)41-38(30)36-28-13-4-6-18-35(28)42-37(29)36/h1-22,31-32,39-40H. The number of hydrogen-bond donors (Lipinski definition) is 2. The lowest BCUT2D eigenvalue weighted by Gasteiger charge is -2.28. The predicted molar refractivity (Wildman–Crippen MR) is 172 cm³/mol. The van der Waals surface area contributed by atoms with Crippen LogP contribution in [0, 0.1) is 0 Å². The van der Waals surface area contributed by atoms with E-state index in [0.717, 1.165) is 60.7 Å². The Hall–Kier alpha value is -5.48. The predicted octanol–water partition coefficient (Wildman–Crippen LogP) is 9.43. The van der Waals surface area contributed by atoms with Crippen molar-refractivity contribution < 1.29 is 8.83 Å². The number of rotatable bonds is 3. The van der Waals surface area contributed by atoms with E-state index in [2.05, 4.69) is 108 Å². The number of allylic oxidation sites excluding steroid dienone is 4. The van der Waals surface area contributed by atoms with Crippen LogP contribution in [0.15, 0.2) is 148 Å². The number of hydrogen-bond acceptors (Lipinski definition) is 4. The van der Waals surface area contributed by atoms with Crippen molar-refractivity contribution in [2.75, 3.05) is 0 Å². The summed E-state index contributed by atoms with van der Waals surface area (Å²) in [5.41, 5.74) is 8.07. The number of fused-ring (bicyclic) bond motifs is 8. The maximum atomic E-state index is 6.61. The average Bonchev–Trinajstić information content (AvgIpc) is 3.63. The molecule has 0 saturated carbocycles. The van der Waals surface area contributed by atoms with Crippen molar-refractivity contribution in [1.29, 1.82) is 0 Å². The van der Waals surface area contributed by atoms with Gasteiger partial charge in [0.25, 0.3) is 0 Å². The fourth-order valence-corrected chi connectivity index (χ4v) is 6.65. The smallest absolute Gasteiger partial charge is 0.147 e. The summed E-state index contributed by atoms with van der Waals surface area (Å²) in [5.74, 6) is 0. The van der Waals surface area contributed by atoms with Crippen LogP contribution >= 0.6 is 0 Å². The van der Waals surface area contributed by atoms with Crippen molar-refractivity contribution in [3.8, 4) is 11.1 Å². The van der Waals surface area contributed by atoms with Gasteiger partial charge in [0.2, 0.25) is 0 Å². The van der Waals surface area contributed by atoms with E-state index in [4.69, 9.17) is 8.83 Å². The Balaban J connectivity index is 1.27. The zero-order chi connectivity index (χ0) is 27.6. The quantitative estimate of drug-likeness (QED) is 0.233. The minimum Gasteiger partial charge on any atom is -0.455 e. The van der Waals surface area contributed by atoms with Crippen molar-refractivity contribution in [2.45, 2.75) is 12.1 Å². The lowest BCUT2D eigenvalue weighted by atomic mass is 9.90. The molecule has 2 aromatic heterocycles. The van der Waals surface area contributed by atoms with Crippen LogP contribution in [0.3, 0.4) is 0 Å². The summed E-state index contributed by atoms with van der Waals surface area (Å²) in [7, 11) is 0. The molecule has 2 aliphatic rings. The van der Waals surface area contributed by atoms with Crippen LogP contribution in [0.5, 0.6) is 0 Å². The number of benzene rings is 5. The number of para-hydroxylation sites is 2. The molecule has 2 atom stereocenters. The Morgan fingerprint density at radius 1 is 0.548 bits per heavy atom. The van der Waals surface area contributed by atoms with Gasteiger partial charge < -0.3 is 19.5 Å². The van der Waals surface area contributed by atoms with Gasteiger partial charge in [-0.25, -0.2) is 0 Å². The highest BCUT2D eigenvalue weighted by Crippen LogP contribution is 2.46. The van der Waals surface area contributed by atoms with Gasteiger partial charge in [-0.1, -0.05) is 97.1 Å². The van der Waals surface area contributed by atoms with Crippen LogP contribution in [0.25, 0.3) is 65.8 Å². The first-order valence-electron chi connectivity index (χ1n) is 14.4. The van der Waals surface area contributed by atoms with E-state index >= 15 is 0 Å². The van der Waals surface area contributed by atoms with Crippen LogP contribution in [-0.2, 0) is 0 Å². The van der Waals surface area contributed by atoms with Gasteiger partial charge in [-0.3, -0.25) is 0 Å². The van der Waals surface area contributed by atoms with Gasteiger partial charge in [0, 0.05) is 27.4 Å². The summed E-state index contributed by atoms with van der Waals surface area (Å²) in [6.07, 6.45) is 14.8. The Bertz CT molecular complexity index is 2330. The summed E-state index contributed by atoms with van der Waals surface area (Å²) >= 11 is 0. The molecular formula is C38H26N2O2. The van der Waals surface area contributed by atoms with Crippen LogP contribution in [0.4, 0.5) is 0 Å². The van der Waals surface area contributed by atoms with Gasteiger partial charge in [0.1, 0.15) is 22.3 Å². The molecule has 0 saturated heterocycles. The zero-order valence-electron chi connectivity index (χ0n) is 22.7. The summed E-state index contributed by atoms with van der Waals surface area (Å²) in [5, 5.41) is 13.9. The summed E-state index contributed by atoms with van der Waals surface area (Å²) in [6, 6.07) is 32.1. The third-order valence-corrected chi connectivity index (χ3v) is 8.60. The maximum absolute atomic E-state index is 6.61. The van der Waals surface area contributed by atoms with Crippen molar-refractivity contribution in [3.05, 3.63) is 145 Å². The molecular weight excluding hydrogens is 516 g/mol. The topological polar surface area (TPSA) is 50.3 Å². The molecule has 2 N–H and O–H groups in total. The lowest BCUT2D eigenvalue weighted by molar-refractivity contribution is 0.630. The lowest BCUT2D eigenvalue weighted by Crippen LogP contribution is -2.35. The second kappa shape index (κ2) is 9.02. The van der Waals surface area contributed by atoms with E-state index in [9.17, 15) is 0 Å². The van der Waals surface area contributed by atoms with Gasteiger partial charge in [0.05, 0.1) is 17.5 Å². The molecule has 0 aliphatic carbocycles. The molecule has 200 valence electrons. The number of furan rings is 2. The Morgan fingerprint density at radius 2 is 1.26 bits per heavy atom. The van der Waals surface area contributed by atoms with Crippen LogP contribution in [0.1, 0.15) is 11.6 Å². The van der Waals surface area contributed by atoms with E-state index in [1.54, 1.807) is 0 Å². The zero-order valence-corrected chi connectivity index (χ0v) is 22.7.